The minimum absolute atomic E-state index is 0.634. The quantitative estimate of drug-likeness (QED) is 0.642. The van der Waals surface area contributed by atoms with Gasteiger partial charge in [-0.1, -0.05) is 60.8 Å². The maximum atomic E-state index is 2.41. The van der Waals surface area contributed by atoms with Crippen LogP contribution in [0.3, 0.4) is 0 Å². The molecule has 0 fully saturated rings. The maximum Gasteiger partial charge on any atom is 0.0607 e. The summed E-state index contributed by atoms with van der Waals surface area (Å²) >= 11 is 0. The van der Waals surface area contributed by atoms with Gasteiger partial charge in [0.15, 0.2) is 0 Å². The Morgan fingerprint density at radius 3 is 2.43 bits per heavy atom. The topological polar surface area (TPSA) is 0 Å². The molecular formula is C13H16Si. The van der Waals surface area contributed by atoms with Crippen molar-refractivity contribution in [1.29, 1.82) is 0 Å². The first-order valence-electron chi connectivity index (χ1n) is 5.24. The first-order chi connectivity index (χ1) is 6.79. The molecule has 72 valence electrons. The van der Waals surface area contributed by atoms with Crippen LogP contribution in [0.25, 0.3) is 5.57 Å². The van der Waals surface area contributed by atoms with Gasteiger partial charge in [0.05, 0.1) is 8.80 Å². The summed E-state index contributed by atoms with van der Waals surface area (Å²) in [7, 11) is -0.634. The van der Waals surface area contributed by atoms with Crippen LogP contribution >= 0.6 is 0 Å². The Bertz CT molecular complexity index is 371. The van der Waals surface area contributed by atoms with Crippen LogP contribution in [0, 0.1) is 0 Å². The highest BCUT2D eigenvalue weighted by molar-refractivity contribution is 6.65. The summed E-state index contributed by atoms with van der Waals surface area (Å²) < 4.78 is 0. The van der Waals surface area contributed by atoms with Crippen molar-refractivity contribution in [3.05, 3.63) is 53.2 Å². The smallest absolute Gasteiger partial charge is 0.0607 e. The largest absolute Gasteiger partial charge is 0.0802 e. The average molecular weight is 200 g/mol. The second-order valence-electron chi connectivity index (χ2n) is 4.07. The van der Waals surface area contributed by atoms with E-state index in [4.69, 9.17) is 0 Å². The van der Waals surface area contributed by atoms with Gasteiger partial charge in [-0.15, -0.1) is 0 Å². The molecule has 0 saturated carbocycles. The van der Waals surface area contributed by atoms with Gasteiger partial charge < -0.3 is 0 Å². The molecule has 0 atom stereocenters. The third kappa shape index (κ3) is 1.73. The Morgan fingerprint density at radius 2 is 1.79 bits per heavy atom. The molecule has 0 nitrogen and oxygen atoms in total. The SMILES string of the molecule is C[SiH](C)C1=C(c2ccccc2)C=CC1. The molecule has 2 rings (SSSR count). The molecule has 0 heterocycles. The molecule has 0 radical (unpaired) electrons. The number of hydrogen-bond donors (Lipinski definition) is 0. The summed E-state index contributed by atoms with van der Waals surface area (Å²) in [5.41, 5.74) is 2.88. The van der Waals surface area contributed by atoms with Crippen LogP contribution in [-0.4, -0.2) is 8.80 Å². The minimum atomic E-state index is -0.634. The molecule has 0 spiro atoms. The van der Waals surface area contributed by atoms with Gasteiger partial charge in [0, 0.05) is 0 Å². The van der Waals surface area contributed by atoms with E-state index in [-0.39, 0.29) is 0 Å². The van der Waals surface area contributed by atoms with Crippen molar-refractivity contribution in [3.8, 4) is 0 Å². The zero-order valence-corrected chi connectivity index (χ0v) is 9.98. The van der Waals surface area contributed by atoms with E-state index in [0.717, 1.165) is 0 Å². The Morgan fingerprint density at radius 1 is 1.07 bits per heavy atom. The van der Waals surface area contributed by atoms with Crippen LogP contribution < -0.4 is 0 Å². The Balaban J connectivity index is 2.42. The molecule has 1 heteroatoms. The lowest BCUT2D eigenvalue weighted by atomic mass is 10.1. The van der Waals surface area contributed by atoms with E-state index in [1.807, 2.05) is 0 Å². The second-order valence-corrected chi connectivity index (χ2v) is 7.07. The Labute approximate surface area is 87.6 Å². The summed E-state index contributed by atoms with van der Waals surface area (Å²) in [4.78, 5) is 0. The van der Waals surface area contributed by atoms with Crippen LogP contribution in [0.5, 0.6) is 0 Å². The molecular weight excluding hydrogens is 184 g/mol. The summed E-state index contributed by atoms with van der Waals surface area (Å²) in [6.45, 7) is 4.82. The van der Waals surface area contributed by atoms with Crippen molar-refractivity contribution in [2.24, 2.45) is 0 Å². The lowest BCUT2D eigenvalue weighted by Crippen LogP contribution is -2.05. The van der Waals surface area contributed by atoms with Crippen LogP contribution in [0.4, 0.5) is 0 Å². The predicted octanol–water partition coefficient (Wildman–Crippen LogP) is 3.43. The molecule has 0 N–H and O–H groups in total. The van der Waals surface area contributed by atoms with E-state index < -0.39 is 8.80 Å². The molecule has 0 bridgehead atoms. The lowest BCUT2D eigenvalue weighted by Gasteiger charge is -2.09. The van der Waals surface area contributed by atoms with Gasteiger partial charge in [-0.3, -0.25) is 0 Å². The van der Waals surface area contributed by atoms with Gasteiger partial charge >= 0.3 is 0 Å². The zero-order valence-electron chi connectivity index (χ0n) is 8.83. The third-order valence-electron chi connectivity index (χ3n) is 2.75. The fourth-order valence-corrected chi connectivity index (χ4v) is 3.46. The Kier molecular flexibility index (Phi) is 2.68. The molecule has 1 aliphatic carbocycles. The number of benzene rings is 1. The number of hydrogen-bond acceptors (Lipinski definition) is 0. The highest BCUT2D eigenvalue weighted by atomic mass is 28.3. The monoisotopic (exact) mass is 200 g/mol. The molecule has 1 aromatic carbocycles. The molecule has 0 unspecified atom stereocenters. The van der Waals surface area contributed by atoms with Crippen LogP contribution in [0.15, 0.2) is 47.7 Å². The molecule has 14 heavy (non-hydrogen) atoms. The van der Waals surface area contributed by atoms with Gasteiger partial charge in [0.2, 0.25) is 0 Å². The summed E-state index contributed by atoms with van der Waals surface area (Å²) in [5.74, 6) is 0. The highest BCUT2D eigenvalue weighted by Gasteiger charge is 2.13. The first-order valence-corrected chi connectivity index (χ1v) is 8.12. The lowest BCUT2D eigenvalue weighted by molar-refractivity contribution is 1.38. The van der Waals surface area contributed by atoms with Crippen molar-refractivity contribution in [1.82, 2.24) is 0 Å². The summed E-state index contributed by atoms with van der Waals surface area (Å²) in [6.07, 6.45) is 5.77. The van der Waals surface area contributed by atoms with E-state index in [1.54, 1.807) is 5.20 Å². The van der Waals surface area contributed by atoms with Crippen molar-refractivity contribution in [2.75, 3.05) is 0 Å². The van der Waals surface area contributed by atoms with Crippen molar-refractivity contribution in [3.63, 3.8) is 0 Å². The van der Waals surface area contributed by atoms with E-state index in [2.05, 4.69) is 55.6 Å². The standard InChI is InChI=1S/C13H16Si/c1-14(2)13-10-6-9-12(13)11-7-4-3-5-8-11/h3-9,14H,10H2,1-2H3. The van der Waals surface area contributed by atoms with Gasteiger partial charge in [-0.25, -0.2) is 0 Å². The third-order valence-corrected chi connectivity index (χ3v) is 4.69. The molecule has 0 aromatic heterocycles. The maximum absolute atomic E-state index is 2.41. The highest BCUT2D eigenvalue weighted by Crippen LogP contribution is 2.29. The van der Waals surface area contributed by atoms with E-state index in [0.29, 0.717) is 0 Å². The summed E-state index contributed by atoms with van der Waals surface area (Å²) in [5, 5.41) is 1.70. The van der Waals surface area contributed by atoms with Crippen LogP contribution in [-0.2, 0) is 0 Å². The predicted molar refractivity (Wildman–Crippen MR) is 66.0 cm³/mol. The van der Waals surface area contributed by atoms with Gasteiger partial charge in [-0.05, 0) is 17.6 Å². The first kappa shape index (κ1) is 9.47. The molecule has 1 aliphatic rings. The fraction of sp³-hybridized carbons (Fsp3) is 0.231. The fourth-order valence-electron chi connectivity index (χ4n) is 1.97. The number of rotatable bonds is 2. The molecule has 0 aliphatic heterocycles. The van der Waals surface area contributed by atoms with Gasteiger partial charge in [0.1, 0.15) is 0 Å². The van der Waals surface area contributed by atoms with Gasteiger partial charge in [-0.2, -0.15) is 0 Å². The normalized spacial score (nSPS) is 15.6. The molecule has 1 aromatic rings. The van der Waals surface area contributed by atoms with E-state index >= 15 is 0 Å². The molecule has 0 saturated heterocycles. The van der Waals surface area contributed by atoms with E-state index in [1.165, 1.54) is 17.6 Å². The number of allylic oxidation sites excluding steroid dienone is 4. The summed E-state index contributed by atoms with van der Waals surface area (Å²) in [6, 6.07) is 10.7. The molecule has 0 amide bonds. The van der Waals surface area contributed by atoms with E-state index in [9.17, 15) is 0 Å². The van der Waals surface area contributed by atoms with Crippen molar-refractivity contribution in [2.45, 2.75) is 19.5 Å². The van der Waals surface area contributed by atoms with Crippen molar-refractivity contribution >= 4 is 14.4 Å². The van der Waals surface area contributed by atoms with Crippen molar-refractivity contribution < 1.29 is 0 Å². The second kappa shape index (κ2) is 3.97. The van der Waals surface area contributed by atoms with Crippen LogP contribution in [0.2, 0.25) is 13.1 Å². The van der Waals surface area contributed by atoms with Crippen LogP contribution in [0.1, 0.15) is 12.0 Å². The van der Waals surface area contributed by atoms with Gasteiger partial charge in [0.25, 0.3) is 0 Å². The Hall–Kier alpha value is -1.08. The zero-order chi connectivity index (χ0) is 9.97. The minimum Gasteiger partial charge on any atom is -0.0802 e. The average Bonchev–Trinajstić information content (AvgIpc) is 2.67.